The SMILES string of the molecule is C#Cc1cccc2cc(O)c(C)c(-c3c(F)cc4c(N5CC6CC[C@@](C)(C5)[SiH2]N6)nc(OC[C@@]56CCCN5C[C@H](F)C6)nc4c3F)c12. The maximum atomic E-state index is 17.1. The van der Waals surface area contributed by atoms with Crippen LogP contribution in [0.2, 0.25) is 5.04 Å². The van der Waals surface area contributed by atoms with Crippen molar-refractivity contribution in [1.82, 2.24) is 19.9 Å². The Labute approximate surface area is 274 Å². The molecule has 2 N–H and O–H groups in total. The molecule has 0 spiro atoms. The molecule has 5 saturated heterocycles. The first kappa shape index (κ1) is 30.5. The van der Waals surface area contributed by atoms with Crippen molar-refractivity contribution in [3.63, 3.8) is 0 Å². The van der Waals surface area contributed by atoms with Gasteiger partial charge in [-0.1, -0.05) is 25.0 Å². The molecule has 1 aromatic heterocycles. The minimum Gasteiger partial charge on any atom is -0.508 e. The summed E-state index contributed by atoms with van der Waals surface area (Å²) in [6.07, 6.45) is 9.19. The summed E-state index contributed by atoms with van der Waals surface area (Å²) in [4.78, 5) is 17.5. The van der Waals surface area contributed by atoms with Crippen LogP contribution in [-0.2, 0) is 0 Å². The van der Waals surface area contributed by atoms with Gasteiger partial charge in [-0.3, -0.25) is 4.90 Å². The van der Waals surface area contributed by atoms with Crippen molar-refractivity contribution in [3.05, 3.63) is 53.1 Å². The highest BCUT2D eigenvalue weighted by atomic mass is 28.2. The van der Waals surface area contributed by atoms with Gasteiger partial charge >= 0.3 is 6.01 Å². The lowest BCUT2D eigenvalue weighted by Gasteiger charge is -2.33. The van der Waals surface area contributed by atoms with Gasteiger partial charge in [-0.25, -0.2) is 13.2 Å². The van der Waals surface area contributed by atoms with Crippen LogP contribution < -0.4 is 14.6 Å². The van der Waals surface area contributed by atoms with Gasteiger partial charge in [0.2, 0.25) is 0 Å². The molecule has 11 heteroatoms. The van der Waals surface area contributed by atoms with E-state index in [1.165, 1.54) is 6.07 Å². The predicted molar refractivity (Wildman–Crippen MR) is 181 cm³/mol. The van der Waals surface area contributed by atoms with Crippen LogP contribution in [0, 0.1) is 30.9 Å². The van der Waals surface area contributed by atoms with Crippen molar-refractivity contribution in [3.8, 4) is 35.2 Å². The number of nitrogens with one attached hydrogen (secondary N) is 1. The first-order valence-electron chi connectivity index (χ1n) is 16.5. The number of nitrogens with zero attached hydrogens (tertiary/aromatic N) is 4. The van der Waals surface area contributed by atoms with E-state index in [0.717, 1.165) is 32.2 Å². The van der Waals surface area contributed by atoms with Crippen molar-refractivity contribution in [1.29, 1.82) is 0 Å². The predicted octanol–water partition coefficient (Wildman–Crippen LogP) is 5.51. The van der Waals surface area contributed by atoms with Crippen molar-refractivity contribution < 1.29 is 23.0 Å². The number of aromatic nitrogens is 2. The van der Waals surface area contributed by atoms with Crippen molar-refractivity contribution >= 4 is 37.2 Å². The average molecular weight is 658 g/mol. The molecule has 0 amide bonds. The Bertz CT molecular complexity index is 1980. The lowest BCUT2D eigenvalue weighted by atomic mass is 9.89. The lowest BCUT2D eigenvalue weighted by molar-refractivity contribution is 0.107. The topological polar surface area (TPSA) is 73.8 Å². The van der Waals surface area contributed by atoms with E-state index in [2.05, 4.69) is 32.6 Å². The molecule has 0 radical (unpaired) electrons. The third-order valence-corrected chi connectivity index (χ3v) is 13.3. The van der Waals surface area contributed by atoms with Gasteiger partial charge in [0, 0.05) is 54.0 Å². The number of alkyl halides is 1. The van der Waals surface area contributed by atoms with Crippen molar-refractivity contribution in [2.45, 2.75) is 68.7 Å². The fourth-order valence-electron chi connectivity index (χ4n) is 8.66. The van der Waals surface area contributed by atoms with Crippen LogP contribution in [0.1, 0.15) is 50.2 Å². The number of aromatic hydroxyl groups is 1. The van der Waals surface area contributed by atoms with Gasteiger partial charge in [0.25, 0.3) is 0 Å². The summed E-state index contributed by atoms with van der Waals surface area (Å²) in [6, 6.07) is 8.34. The Morgan fingerprint density at radius 3 is 2.83 bits per heavy atom. The van der Waals surface area contributed by atoms with Gasteiger partial charge in [-0.15, -0.1) is 6.42 Å². The minimum absolute atomic E-state index is 0.0127. The van der Waals surface area contributed by atoms with Gasteiger partial charge in [0.15, 0.2) is 5.82 Å². The molecule has 4 atom stereocenters. The number of halogens is 3. The molecule has 4 aromatic rings. The fourth-order valence-corrected chi connectivity index (χ4v) is 10.5. The largest absolute Gasteiger partial charge is 0.508 e. The van der Waals surface area contributed by atoms with Gasteiger partial charge in [-0.05, 0) is 73.3 Å². The molecule has 3 aromatic carbocycles. The number of phenols is 1. The third-order valence-electron chi connectivity index (χ3n) is 11.1. The number of ether oxygens (including phenoxy) is 1. The van der Waals surface area contributed by atoms with Crippen LogP contribution >= 0.6 is 0 Å². The van der Waals surface area contributed by atoms with E-state index in [9.17, 15) is 9.50 Å². The van der Waals surface area contributed by atoms with E-state index in [1.807, 2.05) is 0 Å². The molecule has 9 rings (SSSR count). The molecule has 5 aliphatic heterocycles. The molecular formula is C36H38F3N5O2Si. The Kier molecular flexibility index (Phi) is 7.20. The molecule has 0 aliphatic carbocycles. The van der Waals surface area contributed by atoms with Crippen LogP contribution in [-0.4, -0.2) is 80.2 Å². The van der Waals surface area contributed by atoms with Crippen LogP contribution in [0.15, 0.2) is 30.3 Å². The van der Waals surface area contributed by atoms with E-state index in [1.54, 1.807) is 31.2 Å². The van der Waals surface area contributed by atoms with E-state index >= 15 is 8.78 Å². The smallest absolute Gasteiger partial charge is 0.319 e. The molecule has 2 bridgehead atoms. The summed E-state index contributed by atoms with van der Waals surface area (Å²) in [5, 5.41) is 12.3. The van der Waals surface area contributed by atoms with Gasteiger partial charge in [0.05, 0.1) is 20.8 Å². The Morgan fingerprint density at radius 2 is 2.04 bits per heavy atom. The molecule has 47 heavy (non-hydrogen) atoms. The van der Waals surface area contributed by atoms with Gasteiger partial charge < -0.3 is 19.7 Å². The monoisotopic (exact) mass is 657 g/mol. The van der Waals surface area contributed by atoms with Crippen LogP contribution in [0.5, 0.6) is 11.8 Å². The third kappa shape index (κ3) is 4.95. The van der Waals surface area contributed by atoms with E-state index in [0.29, 0.717) is 53.8 Å². The number of hydrogen-bond donors (Lipinski definition) is 2. The Hall–Kier alpha value is -3.85. The average Bonchev–Trinajstić information content (AvgIpc) is 3.45. The maximum Gasteiger partial charge on any atom is 0.319 e. The first-order chi connectivity index (χ1) is 22.6. The number of fused-ring (bicyclic) bond motifs is 7. The number of rotatable bonds is 5. The maximum absolute atomic E-state index is 17.1. The van der Waals surface area contributed by atoms with E-state index in [-0.39, 0.29) is 51.5 Å². The Balaban J connectivity index is 1.33. The van der Waals surface area contributed by atoms with Crippen LogP contribution in [0.25, 0.3) is 32.8 Å². The van der Waals surface area contributed by atoms with E-state index in [4.69, 9.17) is 16.1 Å². The molecule has 7 nitrogen and oxygen atoms in total. The molecule has 5 fully saturated rings. The molecular weight excluding hydrogens is 620 g/mol. The Morgan fingerprint density at radius 1 is 1.19 bits per heavy atom. The molecule has 5 aliphatic rings. The molecule has 6 heterocycles. The highest BCUT2D eigenvalue weighted by molar-refractivity contribution is 6.37. The molecule has 0 saturated carbocycles. The zero-order valence-electron chi connectivity index (χ0n) is 26.7. The van der Waals surface area contributed by atoms with Gasteiger partial charge in [-0.2, -0.15) is 9.97 Å². The number of hydrogen-bond acceptors (Lipinski definition) is 7. The highest BCUT2D eigenvalue weighted by Gasteiger charge is 2.49. The molecule has 244 valence electrons. The summed E-state index contributed by atoms with van der Waals surface area (Å²) >= 11 is 0. The second kappa shape index (κ2) is 11.1. The summed E-state index contributed by atoms with van der Waals surface area (Å²) < 4.78 is 54.5. The quantitative estimate of drug-likeness (QED) is 0.217. The summed E-state index contributed by atoms with van der Waals surface area (Å²) in [6.45, 7) is 6.64. The van der Waals surface area contributed by atoms with Crippen molar-refractivity contribution in [2.75, 3.05) is 37.7 Å². The summed E-state index contributed by atoms with van der Waals surface area (Å²) in [7, 11) is -0.579. The van der Waals surface area contributed by atoms with Gasteiger partial charge in [0.1, 0.15) is 35.7 Å². The van der Waals surface area contributed by atoms with E-state index < -0.39 is 33.0 Å². The fraction of sp³-hybridized carbons (Fsp3) is 0.444. The second-order valence-electron chi connectivity index (χ2n) is 14.4. The highest BCUT2D eigenvalue weighted by Crippen LogP contribution is 2.46. The normalized spacial score (nSPS) is 27.9. The number of terminal acetylenes is 1. The molecule has 1 unspecified atom stereocenters. The second-order valence-corrected chi connectivity index (χ2v) is 16.9. The summed E-state index contributed by atoms with van der Waals surface area (Å²) in [5.74, 6) is 1.30. The zero-order valence-corrected chi connectivity index (χ0v) is 28.1. The van der Waals surface area contributed by atoms with Crippen molar-refractivity contribution in [2.24, 2.45) is 0 Å². The number of phenolic OH excluding ortho intramolecular Hbond substituents is 1. The first-order valence-corrected chi connectivity index (χ1v) is 17.9. The minimum atomic E-state index is -0.923. The number of anilines is 1. The lowest BCUT2D eigenvalue weighted by Crippen LogP contribution is -2.43. The zero-order chi connectivity index (χ0) is 32.7. The summed E-state index contributed by atoms with van der Waals surface area (Å²) in [5.41, 5.74) is 0.113. The van der Waals surface area contributed by atoms with Crippen LogP contribution in [0.3, 0.4) is 0 Å². The standard InChI is InChI=1S/C36H38F3N5O2Si/c1-4-21-7-5-8-22-13-27(45)20(2)28(29(21)22)30-26(38)14-25-32(31(30)39)40-34(46-19-36-10-6-12-44(36)16-23(37)15-36)41-33(25)43-17-24-9-11-35(3,18-43)47-42-24/h1,5,7-8,13-14,23-24,42,45H,6,9-12,15-19,47H2,2-3H3/t23-,24?,35+,36+/m1/s1. The van der Waals surface area contributed by atoms with Crippen LogP contribution in [0.4, 0.5) is 19.0 Å². The number of benzene rings is 3.